The molecule has 2 nitrogen and oxygen atoms in total. The Labute approximate surface area is 144 Å². The van der Waals surface area contributed by atoms with Gasteiger partial charge in [0.1, 0.15) is 5.82 Å². The van der Waals surface area contributed by atoms with Crippen LogP contribution in [-0.2, 0) is 4.79 Å². The van der Waals surface area contributed by atoms with Crippen LogP contribution in [0.2, 0.25) is 5.02 Å². The van der Waals surface area contributed by atoms with Crippen LogP contribution < -0.4 is 5.32 Å². The van der Waals surface area contributed by atoms with Crippen molar-refractivity contribution < 1.29 is 9.18 Å². The van der Waals surface area contributed by atoms with Gasteiger partial charge in [-0.2, -0.15) is 0 Å². The van der Waals surface area contributed by atoms with E-state index in [1.165, 1.54) is 16.7 Å². The fraction of sp³-hybridized carbons (Fsp3) is 0.389. The Morgan fingerprint density at radius 1 is 1.17 bits per heavy atom. The van der Waals surface area contributed by atoms with Crippen molar-refractivity contribution >= 4 is 29.1 Å². The lowest BCUT2D eigenvalue weighted by molar-refractivity contribution is -0.116. The highest BCUT2D eigenvalue weighted by Crippen LogP contribution is 2.49. The van der Waals surface area contributed by atoms with Crippen LogP contribution in [0.15, 0.2) is 40.1 Å². The van der Waals surface area contributed by atoms with E-state index < -0.39 is 5.82 Å². The summed E-state index contributed by atoms with van der Waals surface area (Å²) >= 11 is 7.63. The zero-order valence-corrected chi connectivity index (χ0v) is 14.2. The van der Waals surface area contributed by atoms with Crippen molar-refractivity contribution in [2.24, 2.45) is 0 Å². The quantitative estimate of drug-likeness (QED) is 0.780. The second-order valence-electron chi connectivity index (χ2n) is 6.20. The van der Waals surface area contributed by atoms with Gasteiger partial charge in [-0.3, -0.25) is 4.79 Å². The molecule has 2 aliphatic heterocycles. The lowest BCUT2D eigenvalue weighted by Crippen LogP contribution is -2.32. The first-order chi connectivity index (χ1) is 11.1. The van der Waals surface area contributed by atoms with Crippen LogP contribution in [0.4, 0.5) is 4.39 Å². The van der Waals surface area contributed by atoms with E-state index in [1.54, 1.807) is 17.8 Å². The van der Waals surface area contributed by atoms with E-state index in [9.17, 15) is 9.18 Å². The van der Waals surface area contributed by atoms with E-state index >= 15 is 0 Å². The molecule has 0 aromatic heterocycles. The van der Waals surface area contributed by atoms with Gasteiger partial charge in [0.15, 0.2) is 5.78 Å². The van der Waals surface area contributed by atoms with Crippen LogP contribution >= 0.6 is 23.4 Å². The summed E-state index contributed by atoms with van der Waals surface area (Å²) in [5, 5.41) is 3.63. The summed E-state index contributed by atoms with van der Waals surface area (Å²) in [4.78, 5) is 13.8. The number of hydrogen-bond donors (Lipinski definition) is 1. The Morgan fingerprint density at radius 3 is 2.83 bits per heavy atom. The predicted octanol–water partition coefficient (Wildman–Crippen LogP) is 4.91. The summed E-state index contributed by atoms with van der Waals surface area (Å²) in [5.41, 5.74) is 3.93. The monoisotopic (exact) mass is 349 g/mol. The molecule has 0 bridgehead atoms. The summed E-state index contributed by atoms with van der Waals surface area (Å²) in [7, 11) is 0. The largest absolute Gasteiger partial charge is 0.361 e. The van der Waals surface area contributed by atoms with Crippen LogP contribution in [0.1, 0.15) is 43.6 Å². The Bertz CT molecular complexity index is 755. The second-order valence-corrected chi connectivity index (χ2v) is 7.74. The van der Waals surface area contributed by atoms with E-state index in [0.717, 1.165) is 48.3 Å². The van der Waals surface area contributed by atoms with Crippen molar-refractivity contribution in [3.8, 4) is 0 Å². The lowest BCUT2D eigenvalue weighted by Gasteiger charge is -2.37. The zero-order chi connectivity index (χ0) is 16.0. The van der Waals surface area contributed by atoms with Crippen LogP contribution in [0.3, 0.4) is 0 Å². The molecule has 1 aliphatic carbocycles. The van der Waals surface area contributed by atoms with Crippen molar-refractivity contribution in [3.63, 3.8) is 0 Å². The number of benzene rings is 1. The maximum absolute atomic E-state index is 14.0. The van der Waals surface area contributed by atoms with E-state index in [2.05, 4.69) is 5.32 Å². The molecule has 1 atom stereocenters. The van der Waals surface area contributed by atoms with Crippen LogP contribution in [0.25, 0.3) is 0 Å². The minimum atomic E-state index is -0.420. The van der Waals surface area contributed by atoms with Crippen LogP contribution in [0.5, 0.6) is 0 Å². The Balaban J connectivity index is 1.87. The summed E-state index contributed by atoms with van der Waals surface area (Å²) < 4.78 is 14.0. The molecular formula is C18H17ClFNOS. The van der Waals surface area contributed by atoms with Gasteiger partial charge in [-0.05, 0) is 49.1 Å². The number of ketones is 1. The minimum Gasteiger partial charge on any atom is -0.361 e. The van der Waals surface area contributed by atoms with E-state index in [1.807, 2.05) is 6.07 Å². The number of rotatable bonds is 1. The van der Waals surface area contributed by atoms with Gasteiger partial charge in [-0.15, -0.1) is 11.8 Å². The Kier molecular flexibility index (Phi) is 3.98. The molecule has 3 aliphatic rings. The normalized spacial score (nSPS) is 24.3. The van der Waals surface area contributed by atoms with Gasteiger partial charge in [0.2, 0.25) is 0 Å². The van der Waals surface area contributed by atoms with Crippen molar-refractivity contribution in [1.82, 2.24) is 5.32 Å². The fourth-order valence-corrected chi connectivity index (χ4v) is 5.05. The molecule has 23 heavy (non-hydrogen) atoms. The first-order valence-corrected chi connectivity index (χ1v) is 9.35. The number of hydrogen-bond acceptors (Lipinski definition) is 3. The summed E-state index contributed by atoms with van der Waals surface area (Å²) in [6, 6.07) is 4.94. The van der Waals surface area contributed by atoms with Gasteiger partial charge in [0.25, 0.3) is 0 Å². The molecule has 5 heteroatoms. The first-order valence-electron chi connectivity index (χ1n) is 7.99. The number of carbonyl (C=O) groups excluding carboxylic acids is 1. The number of thioether (sulfide) groups is 1. The number of allylic oxidation sites excluding steroid dienone is 4. The molecule has 0 amide bonds. The summed E-state index contributed by atoms with van der Waals surface area (Å²) in [6.07, 6.45) is 4.51. The maximum atomic E-state index is 14.0. The van der Waals surface area contributed by atoms with E-state index in [4.69, 9.17) is 11.6 Å². The molecule has 0 saturated heterocycles. The molecular weight excluding hydrogens is 333 g/mol. The van der Waals surface area contributed by atoms with E-state index in [0.29, 0.717) is 6.42 Å². The Morgan fingerprint density at radius 2 is 2.00 bits per heavy atom. The fourth-order valence-electron chi connectivity index (χ4n) is 3.67. The van der Waals surface area contributed by atoms with Crippen molar-refractivity contribution in [2.75, 3.05) is 5.75 Å². The average molecular weight is 350 g/mol. The number of halogens is 2. The summed E-state index contributed by atoms with van der Waals surface area (Å²) in [5.74, 6) is 0.684. The number of Topliss-reactive ketones (excluding diaryl/α,β-unsaturated/α-hetero) is 1. The number of dihydropyridines is 1. The van der Waals surface area contributed by atoms with Gasteiger partial charge in [-0.25, -0.2) is 4.39 Å². The minimum absolute atomic E-state index is 0.123. The van der Waals surface area contributed by atoms with Crippen molar-refractivity contribution in [2.45, 2.75) is 38.0 Å². The van der Waals surface area contributed by atoms with Gasteiger partial charge in [0.05, 0.1) is 5.02 Å². The molecule has 0 fully saturated rings. The standard InChI is InChI=1S/C18H17ClFNOS/c19-11-7-6-10(9-12(11)20)16-17-13(3-1-5-15(17)22)21-14-4-2-8-23-18(14)16/h6-7,9,16,21H,1-5,8H2. The second kappa shape index (κ2) is 5.99. The highest BCUT2D eigenvalue weighted by Gasteiger charge is 2.37. The molecule has 0 spiro atoms. The molecule has 1 aromatic carbocycles. The molecule has 1 aromatic rings. The van der Waals surface area contributed by atoms with E-state index in [-0.39, 0.29) is 16.7 Å². The van der Waals surface area contributed by atoms with Gasteiger partial charge >= 0.3 is 0 Å². The maximum Gasteiger partial charge on any atom is 0.161 e. The molecule has 4 rings (SSSR count). The third kappa shape index (κ3) is 2.62. The highest BCUT2D eigenvalue weighted by atomic mass is 35.5. The predicted molar refractivity (Wildman–Crippen MR) is 91.9 cm³/mol. The van der Waals surface area contributed by atoms with Gasteiger partial charge < -0.3 is 5.32 Å². The summed E-state index contributed by atoms with van der Waals surface area (Å²) in [6.45, 7) is 0. The third-order valence-corrected chi connectivity index (χ3v) is 6.30. The first kappa shape index (κ1) is 15.3. The topological polar surface area (TPSA) is 29.1 Å². The van der Waals surface area contributed by atoms with Gasteiger partial charge in [0, 0.05) is 34.2 Å². The molecule has 0 saturated carbocycles. The molecule has 120 valence electrons. The SMILES string of the molecule is O=C1CCCC2=C1C(c1ccc(Cl)c(F)c1)C1=C(CCCS1)N2. The molecule has 2 heterocycles. The van der Waals surface area contributed by atoms with Crippen LogP contribution in [-0.4, -0.2) is 11.5 Å². The number of nitrogens with one attached hydrogen (secondary N) is 1. The van der Waals surface area contributed by atoms with Crippen molar-refractivity contribution in [3.05, 3.63) is 56.5 Å². The smallest absolute Gasteiger partial charge is 0.161 e. The molecule has 0 radical (unpaired) electrons. The molecule has 1 unspecified atom stereocenters. The number of carbonyl (C=O) groups is 1. The average Bonchev–Trinajstić information content (AvgIpc) is 2.56. The third-order valence-electron chi connectivity index (χ3n) is 4.71. The van der Waals surface area contributed by atoms with Gasteiger partial charge in [-0.1, -0.05) is 17.7 Å². The Hall–Kier alpha value is -1.26. The lowest BCUT2D eigenvalue weighted by atomic mass is 9.79. The highest BCUT2D eigenvalue weighted by molar-refractivity contribution is 8.03. The zero-order valence-electron chi connectivity index (χ0n) is 12.6. The molecule has 1 N–H and O–H groups in total. The van der Waals surface area contributed by atoms with Crippen LogP contribution in [0, 0.1) is 5.82 Å². The van der Waals surface area contributed by atoms with Crippen molar-refractivity contribution in [1.29, 1.82) is 0 Å².